The molecular weight excluding hydrogens is 424 g/mol. The fourth-order valence-corrected chi connectivity index (χ4v) is 5.17. The molecule has 0 radical (unpaired) electrons. The number of hydrogen-bond donors (Lipinski definition) is 0. The van der Waals surface area contributed by atoms with Gasteiger partial charge >= 0.3 is 0 Å². The fraction of sp³-hybridized carbons (Fsp3) is 0.292. The van der Waals surface area contributed by atoms with E-state index >= 15 is 0 Å². The Morgan fingerprint density at radius 1 is 1.03 bits per heavy atom. The molecule has 4 aromatic rings. The van der Waals surface area contributed by atoms with Gasteiger partial charge in [0.05, 0.1) is 5.69 Å². The highest BCUT2D eigenvalue weighted by atomic mass is 32.2. The average Bonchev–Trinajstić information content (AvgIpc) is 3.37. The molecule has 160 valence electrons. The molecule has 0 aliphatic carbocycles. The first-order chi connectivity index (χ1) is 14.9. The van der Waals surface area contributed by atoms with Crippen molar-refractivity contribution in [3.8, 4) is 16.3 Å². The van der Waals surface area contributed by atoms with Crippen molar-refractivity contribution in [1.82, 2.24) is 19.7 Å². The number of aryl methyl sites for hydroxylation is 2. The molecule has 0 fully saturated rings. The Balaban J connectivity index is 1.43. The molecule has 5 nitrogen and oxygen atoms in total. The van der Waals surface area contributed by atoms with Crippen LogP contribution in [0.4, 0.5) is 0 Å². The molecule has 0 aliphatic heterocycles. The number of ether oxygens (including phenoxy) is 1. The quantitative estimate of drug-likeness (QED) is 0.309. The van der Waals surface area contributed by atoms with Gasteiger partial charge in [-0.3, -0.25) is 0 Å². The third kappa shape index (κ3) is 4.67. The molecule has 2 aromatic carbocycles. The highest BCUT2D eigenvalue weighted by molar-refractivity contribution is 7.98. The molecule has 7 heteroatoms. The third-order valence-electron chi connectivity index (χ3n) is 5.37. The molecule has 0 saturated heterocycles. The Hall–Kier alpha value is -2.64. The van der Waals surface area contributed by atoms with Crippen molar-refractivity contribution in [2.45, 2.75) is 44.7 Å². The Bertz CT molecular complexity index is 1200. The van der Waals surface area contributed by atoms with Gasteiger partial charge in [0.15, 0.2) is 17.1 Å². The number of nitrogens with zero attached hydrogens (tertiary/aromatic N) is 4. The van der Waals surface area contributed by atoms with Crippen LogP contribution < -0.4 is 4.74 Å². The maximum Gasteiger partial charge on any atom is 0.191 e. The van der Waals surface area contributed by atoms with Crippen LogP contribution in [0.5, 0.6) is 5.75 Å². The molecule has 2 heterocycles. The lowest BCUT2D eigenvalue weighted by atomic mass is 10.1. The molecule has 1 atom stereocenters. The SMILES string of the molecule is Cc1ccccc1-c1nc(CSc2nnc(C(C)Oc3cccc(C)c3C)n2C)cs1. The molecule has 0 N–H and O–H groups in total. The summed E-state index contributed by atoms with van der Waals surface area (Å²) in [6.07, 6.45) is -0.195. The predicted molar refractivity (Wildman–Crippen MR) is 128 cm³/mol. The zero-order valence-electron chi connectivity index (χ0n) is 18.4. The molecule has 0 spiro atoms. The van der Waals surface area contributed by atoms with E-state index in [4.69, 9.17) is 9.72 Å². The monoisotopic (exact) mass is 450 g/mol. The van der Waals surface area contributed by atoms with Crippen LogP contribution in [0.15, 0.2) is 53.0 Å². The maximum atomic E-state index is 6.19. The van der Waals surface area contributed by atoms with Crippen LogP contribution in [0, 0.1) is 20.8 Å². The number of benzene rings is 2. The summed E-state index contributed by atoms with van der Waals surface area (Å²) >= 11 is 3.32. The Morgan fingerprint density at radius 3 is 2.61 bits per heavy atom. The summed E-state index contributed by atoms with van der Waals surface area (Å²) in [6.45, 7) is 8.30. The van der Waals surface area contributed by atoms with Crippen molar-refractivity contribution in [2.24, 2.45) is 7.05 Å². The fourth-order valence-electron chi connectivity index (χ4n) is 3.35. The van der Waals surface area contributed by atoms with Crippen LogP contribution in [0.25, 0.3) is 10.6 Å². The van der Waals surface area contributed by atoms with Crippen LogP contribution in [0.1, 0.15) is 41.2 Å². The van der Waals surface area contributed by atoms with E-state index in [9.17, 15) is 0 Å². The van der Waals surface area contributed by atoms with Crippen LogP contribution in [-0.2, 0) is 12.8 Å². The summed E-state index contributed by atoms with van der Waals surface area (Å²) < 4.78 is 8.20. The van der Waals surface area contributed by atoms with Crippen molar-refractivity contribution in [3.63, 3.8) is 0 Å². The second kappa shape index (κ2) is 9.24. The molecule has 31 heavy (non-hydrogen) atoms. The highest BCUT2D eigenvalue weighted by Crippen LogP contribution is 2.31. The van der Waals surface area contributed by atoms with Crippen molar-refractivity contribution in [1.29, 1.82) is 0 Å². The van der Waals surface area contributed by atoms with Crippen molar-refractivity contribution in [3.05, 3.63) is 76.1 Å². The average molecular weight is 451 g/mol. The van der Waals surface area contributed by atoms with Crippen LogP contribution >= 0.6 is 23.1 Å². The normalized spacial score (nSPS) is 12.2. The van der Waals surface area contributed by atoms with Gasteiger partial charge in [0.25, 0.3) is 0 Å². The van der Waals surface area contributed by atoms with Crippen molar-refractivity contribution >= 4 is 23.1 Å². The van der Waals surface area contributed by atoms with Gasteiger partial charge in [0.1, 0.15) is 10.8 Å². The predicted octanol–water partition coefficient (Wildman–Crippen LogP) is 6.30. The number of rotatable bonds is 7. The number of aromatic nitrogens is 4. The van der Waals surface area contributed by atoms with E-state index in [1.807, 2.05) is 30.7 Å². The van der Waals surface area contributed by atoms with Gasteiger partial charge in [-0.25, -0.2) is 4.98 Å². The summed E-state index contributed by atoms with van der Waals surface area (Å²) in [5, 5.41) is 12.8. The molecule has 2 aromatic heterocycles. The molecule has 4 rings (SSSR count). The molecule has 0 aliphatic rings. The lowest BCUT2D eigenvalue weighted by molar-refractivity contribution is 0.210. The van der Waals surface area contributed by atoms with Gasteiger partial charge in [-0.05, 0) is 50.5 Å². The van der Waals surface area contributed by atoms with Gasteiger partial charge in [-0.2, -0.15) is 0 Å². The second-order valence-electron chi connectivity index (χ2n) is 7.61. The van der Waals surface area contributed by atoms with Gasteiger partial charge in [-0.1, -0.05) is 48.2 Å². The molecular formula is C24H26N4OS2. The first-order valence-corrected chi connectivity index (χ1v) is 12.1. The molecule has 0 amide bonds. The van der Waals surface area contributed by atoms with E-state index in [1.165, 1.54) is 16.7 Å². The van der Waals surface area contributed by atoms with Gasteiger partial charge in [0.2, 0.25) is 0 Å². The minimum atomic E-state index is -0.195. The van der Waals surface area contributed by atoms with E-state index in [1.54, 1.807) is 23.1 Å². The third-order valence-corrected chi connectivity index (χ3v) is 7.35. The Labute approximate surface area is 191 Å². The van der Waals surface area contributed by atoms with Crippen LogP contribution in [0.3, 0.4) is 0 Å². The zero-order valence-corrected chi connectivity index (χ0v) is 20.0. The molecule has 1 unspecified atom stereocenters. The van der Waals surface area contributed by atoms with Crippen molar-refractivity contribution < 1.29 is 4.74 Å². The number of thiazole rings is 1. The zero-order chi connectivity index (χ0) is 22.0. The van der Waals surface area contributed by atoms with E-state index in [2.05, 4.69) is 66.7 Å². The largest absolute Gasteiger partial charge is 0.482 e. The van der Waals surface area contributed by atoms with Gasteiger partial charge in [0, 0.05) is 23.7 Å². The van der Waals surface area contributed by atoms with E-state index in [-0.39, 0.29) is 6.10 Å². The lowest BCUT2D eigenvalue weighted by Crippen LogP contribution is -2.10. The summed E-state index contributed by atoms with van der Waals surface area (Å²) in [7, 11) is 1.99. The van der Waals surface area contributed by atoms with Crippen LogP contribution in [-0.4, -0.2) is 19.7 Å². The van der Waals surface area contributed by atoms with E-state index in [0.29, 0.717) is 0 Å². The molecule has 0 saturated carbocycles. The van der Waals surface area contributed by atoms with Gasteiger partial charge < -0.3 is 9.30 Å². The maximum absolute atomic E-state index is 6.19. The summed E-state index contributed by atoms with van der Waals surface area (Å²) in [6, 6.07) is 14.5. The first kappa shape index (κ1) is 21.6. The smallest absolute Gasteiger partial charge is 0.191 e. The van der Waals surface area contributed by atoms with Crippen molar-refractivity contribution in [2.75, 3.05) is 0 Å². The summed E-state index contributed by atoms with van der Waals surface area (Å²) in [5.41, 5.74) is 5.86. The summed E-state index contributed by atoms with van der Waals surface area (Å²) in [4.78, 5) is 4.82. The van der Waals surface area contributed by atoms with Gasteiger partial charge in [-0.15, -0.1) is 21.5 Å². The minimum Gasteiger partial charge on any atom is -0.482 e. The molecule has 0 bridgehead atoms. The Morgan fingerprint density at radius 2 is 1.81 bits per heavy atom. The lowest BCUT2D eigenvalue weighted by Gasteiger charge is -2.16. The Kier molecular flexibility index (Phi) is 6.43. The number of hydrogen-bond acceptors (Lipinski definition) is 6. The first-order valence-electron chi connectivity index (χ1n) is 10.2. The van der Waals surface area contributed by atoms with E-state index < -0.39 is 0 Å². The highest BCUT2D eigenvalue weighted by Gasteiger charge is 2.19. The van der Waals surface area contributed by atoms with Crippen LogP contribution in [0.2, 0.25) is 0 Å². The second-order valence-corrected chi connectivity index (χ2v) is 9.41. The summed E-state index contributed by atoms with van der Waals surface area (Å²) in [5.74, 6) is 2.44. The standard InChI is InChI=1S/C24H26N4OS2/c1-15-10-8-12-21(17(15)3)29-18(4)22-26-27-24(28(22)5)31-14-19-13-30-23(25-19)20-11-7-6-9-16(20)2/h6-13,18H,14H2,1-5H3. The van der Waals surface area contributed by atoms with E-state index in [0.717, 1.165) is 38.7 Å². The minimum absolute atomic E-state index is 0.195. The topological polar surface area (TPSA) is 52.8 Å². The number of thioether (sulfide) groups is 1.